The molecule has 0 radical (unpaired) electrons. The van der Waals surface area contributed by atoms with Crippen LogP contribution in [-0.4, -0.2) is 66.8 Å². The van der Waals surface area contributed by atoms with E-state index in [9.17, 15) is 63.3 Å². The molecule has 0 spiro atoms. The zero-order chi connectivity index (χ0) is 102. The molecular weight excluding hydrogens is 1740 g/mol. The molecule has 0 aliphatic carbocycles. The highest BCUT2D eigenvalue weighted by Gasteiger charge is 2.28. The van der Waals surface area contributed by atoms with Gasteiger partial charge in [0, 0.05) is 83.6 Å². The van der Waals surface area contributed by atoms with Crippen LogP contribution in [0.1, 0.15) is 280 Å². The molecule has 0 saturated heterocycles. The summed E-state index contributed by atoms with van der Waals surface area (Å²) in [6, 6.07) is 53.6. The van der Waals surface area contributed by atoms with Gasteiger partial charge >= 0.3 is 0 Å². The molecule has 8 aromatic carbocycles. The first kappa shape index (κ1) is 122. The standard InChI is InChI=1S/2C22H22N2O4S.C22H22N2O3S.C20H18N2O3S.10C2H6/c1-14-5-9-19(10-6-14)29(27,28)23-21-12-16(3)15(2)11-20(21)22(25)18-8-7-17(4)24(26)13-18;1-14-7-9-18(10-8-14)29(27,28)23-21-13-16(3)15(2)12-20(21)22(25)19-6-5-11-24(26)17(19)4;1-14-5-7-19(8-6-14)28(26,27)24-21-12-16(3)15(2)11-20(21)22(25)18-9-10-23-17(4)13-18;1-14-12-18(20(23)16-8-10-21-11-9-16)19(13-15(14)2)22-26(24,25)17-6-4-3-5-7-17;10*1-2/h2*5-13,23H,1-4H3;5-13,24H,1-4H3;3-13,22H,1-2H3;10*1-2H3. The van der Waals surface area contributed by atoms with Gasteiger partial charge in [0.2, 0.25) is 17.3 Å². The molecule has 0 bridgehead atoms. The maximum atomic E-state index is 13.2. The molecule has 0 amide bonds. The molecule has 0 fully saturated rings. The van der Waals surface area contributed by atoms with Crippen molar-refractivity contribution in [3.05, 3.63) is 364 Å². The number of rotatable bonds is 20. The highest BCUT2D eigenvalue weighted by atomic mass is 32.2. The first-order valence-electron chi connectivity index (χ1n) is 45.0. The van der Waals surface area contributed by atoms with Gasteiger partial charge in [-0.25, -0.2) is 33.7 Å². The first-order valence-corrected chi connectivity index (χ1v) is 50.9. The molecule has 0 aliphatic heterocycles. The molecule has 132 heavy (non-hydrogen) atoms. The summed E-state index contributed by atoms with van der Waals surface area (Å²) < 4.78 is 114. The van der Waals surface area contributed by atoms with Crippen molar-refractivity contribution >= 4 is 86.0 Å². The largest absolute Gasteiger partial charge is 0.618 e. The summed E-state index contributed by atoms with van der Waals surface area (Å²) in [5.74, 6) is -1.37. The van der Waals surface area contributed by atoms with Gasteiger partial charge in [-0.3, -0.25) is 48.0 Å². The molecule has 4 aromatic heterocycles. The lowest BCUT2D eigenvalue weighted by Gasteiger charge is -2.15. The van der Waals surface area contributed by atoms with E-state index >= 15 is 0 Å². The minimum Gasteiger partial charge on any atom is -0.618 e. The zero-order valence-corrected chi connectivity index (χ0v) is 87.3. The van der Waals surface area contributed by atoms with E-state index in [4.69, 9.17) is 0 Å². The van der Waals surface area contributed by atoms with Crippen molar-refractivity contribution in [2.45, 2.75) is 255 Å². The Morgan fingerprint density at radius 3 is 0.864 bits per heavy atom. The number of benzene rings is 8. The van der Waals surface area contributed by atoms with Crippen LogP contribution in [0.5, 0.6) is 0 Å². The van der Waals surface area contributed by atoms with Crippen LogP contribution in [0.25, 0.3) is 0 Å². The maximum absolute atomic E-state index is 13.2. The van der Waals surface area contributed by atoms with Crippen molar-refractivity contribution in [2.24, 2.45) is 0 Å². The van der Waals surface area contributed by atoms with Gasteiger partial charge in [0.05, 0.1) is 53.5 Å². The third kappa shape index (κ3) is 36.1. The lowest BCUT2D eigenvalue weighted by atomic mass is 9.97. The fraction of sp³-hybridized carbons (Fsp3) is 0.321. The Hall–Kier alpha value is -12.4. The first-order chi connectivity index (χ1) is 62.7. The number of pyridine rings is 4. The molecule has 4 heterocycles. The van der Waals surface area contributed by atoms with E-state index in [2.05, 4.69) is 28.9 Å². The van der Waals surface area contributed by atoms with Crippen LogP contribution in [0.15, 0.2) is 251 Å². The molecule has 716 valence electrons. The van der Waals surface area contributed by atoms with E-state index in [1.165, 1.54) is 67.3 Å². The molecule has 0 aliphatic rings. The lowest BCUT2D eigenvalue weighted by molar-refractivity contribution is -0.612. The Kier molecular flexibility index (Phi) is 56.5. The molecule has 0 atom stereocenters. The van der Waals surface area contributed by atoms with Crippen molar-refractivity contribution in [2.75, 3.05) is 18.9 Å². The molecule has 4 N–H and O–H groups in total. The number of nitrogens with one attached hydrogen (secondary N) is 4. The highest BCUT2D eigenvalue weighted by Crippen LogP contribution is 2.32. The molecule has 0 unspecified atom stereocenters. The van der Waals surface area contributed by atoms with Crippen LogP contribution in [0.4, 0.5) is 22.7 Å². The maximum Gasteiger partial charge on any atom is 0.261 e. The van der Waals surface area contributed by atoms with Crippen LogP contribution < -0.4 is 28.3 Å². The van der Waals surface area contributed by atoms with E-state index < -0.39 is 51.7 Å². The SMILES string of the molecule is CC.CC.CC.CC.CC.CC.CC.CC.CC.CC.Cc1cc(NS(=O)(=O)c2ccccc2)c(C(=O)c2ccncc2)cc1C.Cc1ccc(S(=O)(=O)Nc2cc(C)c(C)cc2C(=O)c2ccc(C)[n+]([O-])c2)cc1.Cc1ccc(S(=O)(=O)Nc2cc(C)c(C)cc2C(=O)c2ccc[n+]([O-])c2C)cc1.Cc1ccc(S(=O)(=O)Nc2cc(C)c(C)cc2C(=O)c2ccnc(C)c2)cc1. The number of sulfonamides is 4. The van der Waals surface area contributed by atoms with Gasteiger partial charge in [0.1, 0.15) is 0 Å². The van der Waals surface area contributed by atoms with Crippen molar-refractivity contribution in [3.8, 4) is 0 Å². The highest BCUT2D eigenvalue weighted by molar-refractivity contribution is 7.93. The molecule has 22 nitrogen and oxygen atoms in total. The minimum atomic E-state index is -3.89. The van der Waals surface area contributed by atoms with Crippen LogP contribution in [-0.2, 0) is 40.1 Å². The Balaban J connectivity index is 0. The van der Waals surface area contributed by atoms with Crippen molar-refractivity contribution in [1.82, 2.24) is 9.97 Å². The summed E-state index contributed by atoms with van der Waals surface area (Å²) in [6.45, 7) is 65.5. The Bertz CT molecular complexity index is 6100. The number of ketones is 4. The smallest absolute Gasteiger partial charge is 0.261 e. The molecule has 12 rings (SSSR count). The van der Waals surface area contributed by atoms with Gasteiger partial charge in [0.25, 0.3) is 40.1 Å². The molecule has 0 saturated carbocycles. The average Bonchev–Trinajstić information content (AvgIpc) is 0.817. The van der Waals surface area contributed by atoms with Crippen molar-refractivity contribution in [1.29, 1.82) is 0 Å². The van der Waals surface area contributed by atoms with Gasteiger partial charge in [-0.1, -0.05) is 210 Å². The summed E-state index contributed by atoms with van der Waals surface area (Å²) in [7, 11) is -15.4. The summed E-state index contributed by atoms with van der Waals surface area (Å²) in [5, 5.41) is 23.8. The second-order valence-corrected chi connectivity index (χ2v) is 33.8. The van der Waals surface area contributed by atoms with Crippen LogP contribution in [0.2, 0.25) is 0 Å². The third-order valence-electron chi connectivity index (χ3n) is 18.5. The number of hydrogen-bond acceptors (Lipinski definition) is 16. The number of carbonyl (C=O) groups is 4. The van der Waals surface area contributed by atoms with E-state index in [0.717, 1.165) is 66.9 Å². The van der Waals surface area contributed by atoms with Crippen LogP contribution in [0.3, 0.4) is 0 Å². The fourth-order valence-electron chi connectivity index (χ4n) is 11.2. The van der Waals surface area contributed by atoms with E-state index in [-0.39, 0.29) is 81.8 Å². The van der Waals surface area contributed by atoms with Crippen molar-refractivity contribution in [3.63, 3.8) is 0 Å². The van der Waals surface area contributed by atoms with Gasteiger partial charge in [-0.15, -0.1) is 0 Å². The second kappa shape index (κ2) is 61.3. The van der Waals surface area contributed by atoms with Crippen LogP contribution >= 0.6 is 0 Å². The fourth-order valence-corrected chi connectivity index (χ4v) is 15.5. The predicted molar refractivity (Wildman–Crippen MR) is 548 cm³/mol. The summed E-state index contributed by atoms with van der Waals surface area (Å²) in [6.07, 6.45) is 7.14. The van der Waals surface area contributed by atoms with Crippen LogP contribution in [0, 0.1) is 107 Å². The third-order valence-corrected chi connectivity index (χ3v) is 24.0. The minimum absolute atomic E-state index is 0.104. The number of anilines is 4. The Morgan fingerprint density at radius 2 is 0.553 bits per heavy atom. The number of aromatic nitrogens is 4. The zero-order valence-electron chi connectivity index (χ0n) is 84.1. The number of nitrogens with zero attached hydrogens (tertiary/aromatic N) is 4. The molecular formula is C106H144N8O14S4. The number of hydrogen-bond donors (Lipinski definition) is 4. The Morgan fingerprint density at radius 1 is 0.273 bits per heavy atom. The summed E-state index contributed by atoms with van der Waals surface area (Å²) in [5.41, 5.74) is 14.4. The summed E-state index contributed by atoms with van der Waals surface area (Å²) in [4.78, 5) is 60.8. The van der Waals surface area contributed by atoms with Crippen molar-refractivity contribution < 1.29 is 62.3 Å². The topological polar surface area (TPSA) is 333 Å². The average molecular weight is 1880 g/mol. The predicted octanol–water partition coefficient (Wildman–Crippen LogP) is 25.5. The Labute approximate surface area is 791 Å². The second-order valence-electron chi connectivity index (χ2n) is 27.1. The number of aryl methyl sites for hydroxylation is 13. The lowest BCUT2D eigenvalue weighted by Crippen LogP contribution is -2.31. The molecule has 26 heteroatoms. The van der Waals surface area contributed by atoms with Gasteiger partial charge in [0.15, 0.2) is 29.7 Å². The van der Waals surface area contributed by atoms with E-state index in [1.54, 1.807) is 185 Å². The monoisotopic (exact) mass is 1880 g/mol. The van der Waals surface area contributed by atoms with Gasteiger partial charge in [-0.05, 0) is 261 Å². The van der Waals surface area contributed by atoms with Gasteiger partial charge in [-0.2, -0.15) is 9.46 Å². The quantitative estimate of drug-likeness (QED) is 0.0313. The van der Waals surface area contributed by atoms with Gasteiger partial charge < -0.3 is 10.4 Å². The normalized spacial score (nSPS) is 10.0. The molecule has 12 aromatic rings. The van der Waals surface area contributed by atoms with E-state index in [0.29, 0.717) is 37.4 Å². The number of carbonyl (C=O) groups excluding carboxylic acids is 4. The van der Waals surface area contributed by atoms with E-state index in [1.807, 2.05) is 215 Å². The summed E-state index contributed by atoms with van der Waals surface area (Å²) >= 11 is 0.